The Balaban J connectivity index is 2.35. The van der Waals surface area contributed by atoms with Gasteiger partial charge in [-0.25, -0.2) is 4.98 Å². The van der Waals surface area contributed by atoms with Crippen LogP contribution in [0.3, 0.4) is 0 Å². The lowest BCUT2D eigenvalue weighted by Crippen LogP contribution is -2.04. The third-order valence-electron chi connectivity index (χ3n) is 2.89. The van der Waals surface area contributed by atoms with Gasteiger partial charge in [0.05, 0.1) is 13.2 Å². The molecule has 0 atom stereocenters. The van der Waals surface area contributed by atoms with E-state index in [4.69, 9.17) is 25.4 Å². The molecule has 5 nitrogen and oxygen atoms in total. The summed E-state index contributed by atoms with van der Waals surface area (Å²) in [7, 11) is 0. The minimum Gasteiger partial charge on any atom is -0.406 e. The summed E-state index contributed by atoms with van der Waals surface area (Å²) in [6, 6.07) is 9.73. The summed E-state index contributed by atoms with van der Waals surface area (Å²) in [6.07, 6.45) is 0. The van der Waals surface area contributed by atoms with Crippen molar-refractivity contribution >= 4 is 18.5 Å². The van der Waals surface area contributed by atoms with Crippen molar-refractivity contribution in [3.8, 4) is 17.3 Å². The van der Waals surface area contributed by atoms with Gasteiger partial charge in [0.1, 0.15) is 0 Å². The molecule has 0 aliphatic carbocycles. The molecule has 7 heteroatoms. The molecule has 0 aliphatic heterocycles. The summed E-state index contributed by atoms with van der Waals surface area (Å²) in [6.45, 7) is 5.63. The maximum absolute atomic E-state index is 5.79. The van der Waals surface area contributed by atoms with Gasteiger partial charge in [-0.2, -0.15) is 4.98 Å². The van der Waals surface area contributed by atoms with Crippen LogP contribution in [0.15, 0.2) is 30.3 Å². The molecular formula is C16H21N2O3PS. The van der Waals surface area contributed by atoms with Crippen molar-refractivity contribution in [1.82, 2.24) is 9.97 Å². The molecule has 1 aromatic carbocycles. The van der Waals surface area contributed by atoms with E-state index in [0.29, 0.717) is 24.9 Å². The number of nitrogens with zero attached hydrogens (tertiary/aromatic N) is 2. The van der Waals surface area contributed by atoms with Crippen LogP contribution in [-0.2, 0) is 20.9 Å². The van der Waals surface area contributed by atoms with Crippen molar-refractivity contribution in [3.63, 3.8) is 0 Å². The monoisotopic (exact) mass is 352 g/mol. The molecule has 0 amide bonds. The Morgan fingerprint density at radius 2 is 1.74 bits per heavy atom. The first-order valence-corrected chi connectivity index (χ1v) is 10.0. The van der Waals surface area contributed by atoms with Crippen LogP contribution in [0.25, 0.3) is 11.4 Å². The third kappa shape index (κ3) is 5.08. The maximum Gasteiger partial charge on any atom is 0.381 e. The van der Waals surface area contributed by atoms with Crippen LogP contribution < -0.4 is 4.52 Å². The molecule has 2 aromatic rings. The Labute approximate surface area is 142 Å². The van der Waals surface area contributed by atoms with Crippen molar-refractivity contribution in [2.24, 2.45) is 0 Å². The molecular weight excluding hydrogens is 331 g/mol. The zero-order chi connectivity index (χ0) is 16.9. The number of aryl methyl sites for hydroxylation is 2. The first kappa shape index (κ1) is 18.0. The van der Waals surface area contributed by atoms with Crippen LogP contribution in [0, 0.1) is 13.8 Å². The minimum absolute atomic E-state index is 0.374. The molecule has 0 saturated heterocycles. The lowest BCUT2D eigenvalue weighted by atomic mass is 10.1. The fraction of sp³-hybridized carbons (Fsp3) is 0.375. The van der Waals surface area contributed by atoms with E-state index < -0.39 is 6.72 Å². The predicted octanol–water partition coefficient (Wildman–Crippen LogP) is 4.44. The third-order valence-corrected chi connectivity index (χ3v) is 5.30. The SMILES string of the molecule is CCOP(=S)(OCC)Oc1cc(C)nc(-c2cccc(C)c2)n1. The van der Waals surface area contributed by atoms with E-state index in [0.717, 1.165) is 16.8 Å². The molecule has 1 heterocycles. The highest BCUT2D eigenvalue weighted by Gasteiger charge is 2.22. The van der Waals surface area contributed by atoms with Crippen LogP contribution >= 0.6 is 6.72 Å². The molecule has 0 fully saturated rings. The molecule has 0 radical (unpaired) electrons. The largest absolute Gasteiger partial charge is 0.406 e. The lowest BCUT2D eigenvalue weighted by molar-refractivity contribution is 0.216. The van der Waals surface area contributed by atoms with Crippen molar-refractivity contribution in [1.29, 1.82) is 0 Å². The zero-order valence-electron chi connectivity index (χ0n) is 13.8. The Morgan fingerprint density at radius 1 is 1.04 bits per heavy atom. The Hall–Kier alpha value is -1.33. The molecule has 0 saturated carbocycles. The highest BCUT2D eigenvalue weighted by atomic mass is 32.5. The topological polar surface area (TPSA) is 53.5 Å². The summed E-state index contributed by atoms with van der Waals surface area (Å²) in [5, 5.41) is 0. The van der Waals surface area contributed by atoms with Gasteiger partial charge in [0.15, 0.2) is 5.82 Å². The van der Waals surface area contributed by atoms with E-state index in [2.05, 4.69) is 9.97 Å². The first-order chi connectivity index (χ1) is 11.0. The lowest BCUT2D eigenvalue weighted by Gasteiger charge is -2.20. The number of rotatable bonds is 7. The second kappa shape index (κ2) is 7.97. The van der Waals surface area contributed by atoms with Crippen molar-refractivity contribution in [3.05, 3.63) is 41.6 Å². The van der Waals surface area contributed by atoms with Crippen LogP contribution in [-0.4, -0.2) is 23.2 Å². The predicted molar refractivity (Wildman–Crippen MR) is 95.1 cm³/mol. The van der Waals surface area contributed by atoms with Crippen molar-refractivity contribution in [2.75, 3.05) is 13.2 Å². The summed E-state index contributed by atoms with van der Waals surface area (Å²) < 4.78 is 16.8. The van der Waals surface area contributed by atoms with Gasteiger partial charge in [0.25, 0.3) is 0 Å². The summed E-state index contributed by atoms with van der Waals surface area (Å²) >= 11 is 5.39. The average Bonchev–Trinajstić information content (AvgIpc) is 2.46. The van der Waals surface area contributed by atoms with Gasteiger partial charge in [-0.1, -0.05) is 23.8 Å². The minimum atomic E-state index is -2.84. The van der Waals surface area contributed by atoms with E-state index in [-0.39, 0.29) is 0 Å². The van der Waals surface area contributed by atoms with Crippen LogP contribution in [0.4, 0.5) is 0 Å². The number of aromatic nitrogens is 2. The second-order valence-electron chi connectivity index (χ2n) is 4.91. The molecule has 0 aliphatic rings. The maximum atomic E-state index is 5.79. The first-order valence-electron chi connectivity index (χ1n) is 7.47. The smallest absolute Gasteiger partial charge is 0.381 e. The Morgan fingerprint density at radius 3 is 2.35 bits per heavy atom. The molecule has 124 valence electrons. The van der Waals surface area contributed by atoms with Crippen LogP contribution in [0.1, 0.15) is 25.1 Å². The molecule has 0 bridgehead atoms. The number of hydrogen-bond donors (Lipinski definition) is 0. The van der Waals surface area contributed by atoms with Gasteiger partial charge in [-0.05, 0) is 33.8 Å². The quantitative estimate of drug-likeness (QED) is 0.687. The fourth-order valence-corrected chi connectivity index (χ4v) is 4.02. The van der Waals surface area contributed by atoms with E-state index in [9.17, 15) is 0 Å². The summed E-state index contributed by atoms with van der Waals surface area (Å²) in [5.41, 5.74) is 2.87. The van der Waals surface area contributed by atoms with Crippen LogP contribution in [0.5, 0.6) is 5.88 Å². The average molecular weight is 352 g/mol. The van der Waals surface area contributed by atoms with Crippen LogP contribution in [0.2, 0.25) is 0 Å². The fourth-order valence-electron chi connectivity index (χ4n) is 2.02. The van der Waals surface area contributed by atoms with E-state index in [1.54, 1.807) is 6.07 Å². The van der Waals surface area contributed by atoms with Gasteiger partial charge in [-0.3, -0.25) is 9.05 Å². The Bertz CT molecular complexity index is 714. The van der Waals surface area contributed by atoms with Crippen molar-refractivity contribution in [2.45, 2.75) is 27.7 Å². The molecule has 0 N–H and O–H groups in total. The van der Waals surface area contributed by atoms with Gasteiger partial charge < -0.3 is 4.52 Å². The zero-order valence-corrected chi connectivity index (χ0v) is 15.5. The van der Waals surface area contributed by atoms with Gasteiger partial charge in [0, 0.05) is 29.1 Å². The standard InChI is InChI=1S/C16H21N2O3PS/c1-5-19-22(23,20-6-2)21-15-11-13(4)17-16(18-15)14-9-7-8-12(3)10-14/h7-11H,5-6H2,1-4H3. The summed E-state index contributed by atoms with van der Waals surface area (Å²) in [5.74, 6) is 0.970. The van der Waals surface area contributed by atoms with Gasteiger partial charge >= 0.3 is 6.72 Å². The van der Waals surface area contributed by atoms with E-state index in [1.807, 2.05) is 52.0 Å². The molecule has 2 rings (SSSR count). The van der Waals surface area contributed by atoms with Gasteiger partial charge in [-0.15, -0.1) is 0 Å². The molecule has 0 unspecified atom stereocenters. The van der Waals surface area contributed by atoms with E-state index >= 15 is 0 Å². The highest BCUT2D eigenvalue weighted by molar-refractivity contribution is 8.07. The normalized spacial score (nSPS) is 11.5. The van der Waals surface area contributed by atoms with Crippen molar-refractivity contribution < 1.29 is 13.6 Å². The number of benzene rings is 1. The second-order valence-corrected chi connectivity index (χ2v) is 7.85. The molecule has 0 spiro atoms. The number of hydrogen-bond acceptors (Lipinski definition) is 6. The van der Waals surface area contributed by atoms with Gasteiger partial charge in [0.2, 0.25) is 5.88 Å². The molecule has 1 aromatic heterocycles. The Kier molecular flexibility index (Phi) is 6.25. The molecule has 23 heavy (non-hydrogen) atoms. The highest BCUT2D eigenvalue weighted by Crippen LogP contribution is 2.49. The summed E-state index contributed by atoms with van der Waals surface area (Å²) in [4.78, 5) is 8.93. The van der Waals surface area contributed by atoms with E-state index in [1.165, 1.54) is 0 Å².